The number of aromatic amines is 1. The predicted octanol–water partition coefficient (Wildman–Crippen LogP) is 2.32. The van der Waals surface area contributed by atoms with Crippen molar-refractivity contribution in [1.82, 2.24) is 20.2 Å². The topological polar surface area (TPSA) is 66.5 Å². The van der Waals surface area contributed by atoms with Crippen LogP contribution in [0.15, 0.2) is 36.7 Å². The van der Waals surface area contributed by atoms with E-state index in [-0.39, 0.29) is 0 Å². The van der Waals surface area contributed by atoms with Crippen LogP contribution in [-0.4, -0.2) is 26.7 Å². The van der Waals surface area contributed by atoms with Crippen molar-refractivity contribution in [2.24, 2.45) is 0 Å². The van der Waals surface area contributed by atoms with Gasteiger partial charge in [0.05, 0.1) is 5.52 Å². The molecule has 0 aliphatic carbocycles. The van der Waals surface area contributed by atoms with E-state index in [0.717, 1.165) is 41.1 Å². The van der Waals surface area contributed by atoms with Crippen molar-refractivity contribution in [3.8, 4) is 0 Å². The Kier molecular flexibility index (Phi) is 3.10. The monoisotopic (exact) mass is 253 g/mol. The summed E-state index contributed by atoms with van der Waals surface area (Å²) in [7, 11) is 0. The van der Waals surface area contributed by atoms with E-state index >= 15 is 0 Å². The number of hydrogen-bond acceptors (Lipinski definition) is 4. The molecule has 19 heavy (non-hydrogen) atoms. The largest absolute Gasteiger partial charge is 0.384 e. The molecule has 0 aliphatic heterocycles. The normalized spacial score (nSPS) is 10.8. The van der Waals surface area contributed by atoms with E-state index in [2.05, 4.69) is 37.6 Å². The maximum atomic E-state index is 4.53. The highest BCUT2D eigenvalue weighted by Crippen LogP contribution is 2.22. The van der Waals surface area contributed by atoms with Crippen LogP contribution in [0.5, 0.6) is 0 Å². The minimum atomic E-state index is 0.808. The molecule has 3 aromatic rings. The van der Waals surface area contributed by atoms with E-state index in [1.54, 1.807) is 0 Å². The first-order chi connectivity index (χ1) is 9.33. The number of aryl methyl sites for hydroxylation is 1. The molecule has 1 aromatic carbocycles. The first-order valence-corrected chi connectivity index (χ1v) is 6.27. The number of fused-ring (bicyclic) bond motifs is 1. The highest BCUT2D eigenvalue weighted by molar-refractivity contribution is 5.91. The second-order valence-corrected chi connectivity index (χ2v) is 4.44. The van der Waals surface area contributed by atoms with E-state index in [9.17, 15) is 0 Å². The third-order valence-corrected chi connectivity index (χ3v) is 2.99. The van der Waals surface area contributed by atoms with Crippen LogP contribution in [-0.2, 0) is 6.42 Å². The molecule has 2 aromatic heterocycles. The summed E-state index contributed by atoms with van der Waals surface area (Å²) < 4.78 is 0. The number of aromatic nitrogens is 4. The van der Waals surface area contributed by atoms with Gasteiger partial charge in [0.25, 0.3) is 0 Å². The Balaban J connectivity index is 1.80. The molecule has 3 rings (SSSR count). The van der Waals surface area contributed by atoms with Crippen molar-refractivity contribution < 1.29 is 0 Å². The number of anilines is 1. The highest BCUT2D eigenvalue weighted by Gasteiger charge is 2.03. The molecule has 0 bridgehead atoms. The van der Waals surface area contributed by atoms with Gasteiger partial charge < -0.3 is 5.32 Å². The molecule has 0 spiro atoms. The zero-order chi connectivity index (χ0) is 13.1. The minimum Gasteiger partial charge on any atom is -0.384 e. The van der Waals surface area contributed by atoms with Crippen LogP contribution in [0.2, 0.25) is 0 Å². The Hall–Kier alpha value is -2.43. The van der Waals surface area contributed by atoms with Crippen molar-refractivity contribution in [1.29, 1.82) is 0 Å². The lowest BCUT2D eigenvalue weighted by Gasteiger charge is -2.10. The van der Waals surface area contributed by atoms with E-state index in [0.29, 0.717) is 0 Å². The van der Waals surface area contributed by atoms with Crippen molar-refractivity contribution in [3.05, 3.63) is 48.2 Å². The van der Waals surface area contributed by atoms with Gasteiger partial charge in [0, 0.05) is 29.7 Å². The second kappa shape index (κ2) is 5.06. The van der Waals surface area contributed by atoms with Crippen molar-refractivity contribution in [2.45, 2.75) is 13.3 Å². The van der Waals surface area contributed by atoms with Gasteiger partial charge in [-0.05, 0) is 19.1 Å². The van der Waals surface area contributed by atoms with Crippen LogP contribution in [0.1, 0.15) is 11.5 Å². The van der Waals surface area contributed by atoms with E-state index in [1.165, 1.54) is 6.33 Å². The van der Waals surface area contributed by atoms with Crippen molar-refractivity contribution in [2.75, 3.05) is 11.9 Å². The summed E-state index contributed by atoms with van der Waals surface area (Å²) in [6.07, 6.45) is 2.34. The molecule has 0 saturated carbocycles. The Morgan fingerprint density at radius 3 is 3.00 bits per heavy atom. The van der Waals surface area contributed by atoms with Gasteiger partial charge in [0.1, 0.15) is 12.2 Å². The molecule has 0 aliphatic rings. The Labute approximate surface area is 111 Å². The molecule has 5 nitrogen and oxygen atoms in total. The lowest BCUT2D eigenvalue weighted by molar-refractivity contribution is 0.901. The lowest BCUT2D eigenvalue weighted by atomic mass is 10.1. The molecule has 2 heterocycles. The zero-order valence-corrected chi connectivity index (χ0v) is 10.7. The molecule has 0 saturated heterocycles. The van der Waals surface area contributed by atoms with Gasteiger partial charge in [-0.1, -0.05) is 18.2 Å². The van der Waals surface area contributed by atoms with Gasteiger partial charge in [0.2, 0.25) is 0 Å². The van der Waals surface area contributed by atoms with E-state index in [1.807, 2.05) is 25.1 Å². The summed E-state index contributed by atoms with van der Waals surface area (Å²) in [5, 5.41) is 11.3. The molecule has 0 atom stereocenters. The molecular weight excluding hydrogens is 238 g/mol. The van der Waals surface area contributed by atoms with Crippen LogP contribution < -0.4 is 5.32 Å². The number of H-pyrrole nitrogens is 1. The van der Waals surface area contributed by atoms with Crippen LogP contribution >= 0.6 is 0 Å². The van der Waals surface area contributed by atoms with Crippen LogP contribution in [0.25, 0.3) is 10.9 Å². The number of para-hydroxylation sites is 1. The quantitative estimate of drug-likeness (QED) is 0.748. The standard InChI is InChI=1S/C14H15N5/c1-10-8-13(11-4-2-3-5-12(11)18-10)15-7-6-14-16-9-17-19-14/h2-5,8-9H,6-7H2,1H3,(H,15,18)(H,16,17,19). The number of pyridine rings is 1. The number of hydrogen-bond donors (Lipinski definition) is 2. The summed E-state index contributed by atoms with van der Waals surface area (Å²) in [5.41, 5.74) is 3.15. The van der Waals surface area contributed by atoms with Gasteiger partial charge >= 0.3 is 0 Å². The predicted molar refractivity (Wildman–Crippen MR) is 75.1 cm³/mol. The van der Waals surface area contributed by atoms with Crippen LogP contribution in [0.3, 0.4) is 0 Å². The molecule has 0 unspecified atom stereocenters. The molecule has 2 N–H and O–H groups in total. The van der Waals surface area contributed by atoms with Gasteiger partial charge in [-0.3, -0.25) is 10.1 Å². The van der Waals surface area contributed by atoms with E-state index in [4.69, 9.17) is 0 Å². The summed E-state index contributed by atoms with van der Waals surface area (Å²) >= 11 is 0. The SMILES string of the molecule is Cc1cc(NCCc2ncn[nH]2)c2ccccc2n1. The average molecular weight is 253 g/mol. The molecule has 0 amide bonds. The number of benzene rings is 1. The molecule has 5 heteroatoms. The summed E-state index contributed by atoms with van der Waals surface area (Å²) in [6.45, 7) is 2.82. The third-order valence-electron chi connectivity index (χ3n) is 2.99. The fourth-order valence-corrected chi connectivity index (χ4v) is 2.12. The highest BCUT2D eigenvalue weighted by atomic mass is 15.2. The second-order valence-electron chi connectivity index (χ2n) is 4.44. The van der Waals surface area contributed by atoms with Gasteiger partial charge in [-0.15, -0.1) is 0 Å². The van der Waals surface area contributed by atoms with Crippen molar-refractivity contribution >= 4 is 16.6 Å². The number of nitrogens with one attached hydrogen (secondary N) is 2. The molecule has 0 radical (unpaired) electrons. The molecule has 0 fully saturated rings. The van der Waals surface area contributed by atoms with Gasteiger partial charge in [-0.25, -0.2) is 4.98 Å². The summed E-state index contributed by atoms with van der Waals surface area (Å²) in [5.74, 6) is 0.891. The van der Waals surface area contributed by atoms with Crippen LogP contribution in [0.4, 0.5) is 5.69 Å². The molecular formula is C14H15N5. The average Bonchev–Trinajstić information content (AvgIpc) is 2.91. The van der Waals surface area contributed by atoms with Gasteiger partial charge in [-0.2, -0.15) is 5.10 Å². The summed E-state index contributed by atoms with van der Waals surface area (Å²) in [4.78, 5) is 8.63. The van der Waals surface area contributed by atoms with Crippen LogP contribution in [0, 0.1) is 6.92 Å². The Bertz CT molecular complexity index is 675. The van der Waals surface area contributed by atoms with E-state index < -0.39 is 0 Å². The van der Waals surface area contributed by atoms with Gasteiger partial charge in [0.15, 0.2) is 0 Å². The fourth-order valence-electron chi connectivity index (χ4n) is 2.12. The summed E-state index contributed by atoms with van der Waals surface area (Å²) in [6, 6.07) is 10.2. The zero-order valence-electron chi connectivity index (χ0n) is 10.7. The first kappa shape index (κ1) is 11.6. The Morgan fingerprint density at radius 1 is 1.26 bits per heavy atom. The Morgan fingerprint density at radius 2 is 2.16 bits per heavy atom. The maximum Gasteiger partial charge on any atom is 0.137 e. The lowest BCUT2D eigenvalue weighted by Crippen LogP contribution is -2.07. The third kappa shape index (κ3) is 2.54. The maximum absolute atomic E-state index is 4.53. The minimum absolute atomic E-state index is 0.808. The smallest absolute Gasteiger partial charge is 0.137 e. The number of rotatable bonds is 4. The fraction of sp³-hybridized carbons (Fsp3) is 0.214. The molecule has 96 valence electrons. The number of nitrogens with zero attached hydrogens (tertiary/aromatic N) is 3. The van der Waals surface area contributed by atoms with Crippen molar-refractivity contribution in [3.63, 3.8) is 0 Å². The first-order valence-electron chi connectivity index (χ1n) is 6.27.